The topological polar surface area (TPSA) is 85.8 Å². The Kier molecular flexibility index (Phi) is 2.10. The van der Waals surface area contributed by atoms with Crippen LogP contribution in [-0.2, 0) is 11.3 Å². The Morgan fingerprint density at radius 3 is 3.12 bits per heavy atom. The quantitative estimate of drug-likeness (QED) is 0.725. The Labute approximate surface area is 101 Å². The van der Waals surface area contributed by atoms with Gasteiger partial charge in [0, 0.05) is 6.92 Å². The molecule has 0 aliphatic carbocycles. The van der Waals surface area contributed by atoms with E-state index in [-0.39, 0.29) is 18.0 Å². The van der Waals surface area contributed by atoms with Gasteiger partial charge in [-0.1, -0.05) is 11.3 Å². The average Bonchev–Trinajstić information content (AvgIpc) is 2.74. The molecule has 1 saturated heterocycles. The third-order valence-corrected chi connectivity index (χ3v) is 3.92. The van der Waals surface area contributed by atoms with Crippen LogP contribution in [0.3, 0.4) is 0 Å². The van der Waals surface area contributed by atoms with Crippen molar-refractivity contribution in [3.63, 3.8) is 0 Å². The van der Waals surface area contributed by atoms with Crippen molar-refractivity contribution in [1.29, 1.82) is 0 Å². The molecule has 1 fully saturated rings. The SMILES string of the molecule is CC(=O)Nc1nc2c(s1)C1CN(C2)C(=O)N1O. The number of hydrogen-bond donors (Lipinski definition) is 2. The molecule has 0 aromatic carbocycles. The molecule has 2 aliphatic rings. The second-order valence-electron chi connectivity index (χ2n) is 4.03. The predicted octanol–water partition coefficient (Wildman–Crippen LogP) is 0.783. The summed E-state index contributed by atoms with van der Waals surface area (Å²) in [6, 6.07) is -0.743. The van der Waals surface area contributed by atoms with Crippen molar-refractivity contribution in [3.05, 3.63) is 10.6 Å². The normalized spacial score (nSPS) is 21.8. The van der Waals surface area contributed by atoms with Gasteiger partial charge in [0.25, 0.3) is 0 Å². The van der Waals surface area contributed by atoms with Crippen LogP contribution in [0.15, 0.2) is 0 Å². The molecule has 0 radical (unpaired) electrons. The van der Waals surface area contributed by atoms with Crippen LogP contribution in [-0.4, -0.2) is 38.6 Å². The average molecular weight is 254 g/mol. The first-order valence-corrected chi connectivity index (χ1v) is 5.92. The zero-order chi connectivity index (χ0) is 12.2. The molecule has 1 aromatic heterocycles. The van der Waals surface area contributed by atoms with Crippen molar-refractivity contribution in [2.75, 3.05) is 11.9 Å². The maximum Gasteiger partial charge on any atom is 0.344 e. The molecule has 0 spiro atoms. The molecule has 3 rings (SSSR count). The molecule has 3 heterocycles. The van der Waals surface area contributed by atoms with Gasteiger partial charge in [-0.3, -0.25) is 10.0 Å². The maximum absolute atomic E-state index is 11.5. The summed E-state index contributed by atoms with van der Waals surface area (Å²) in [6.07, 6.45) is 0. The van der Waals surface area contributed by atoms with Gasteiger partial charge >= 0.3 is 6.03 Å². The molecule has 1 atom stereocenters. The third-order valence-electron chi connectivity index (χ3n) is 2.81. The number of aromatic nitrogens is 1. The summed E-state index contributed by atoms with van der Waals surface area (Å²) >= 11 is 1.31. The van der Waals surface area contributed by atoms with Gasteiger partial charge in [-0.25, -0.2) is 9.78 Å². The van der Waals surface area contributed by atoms with Gasteiger partial charge < -0.3 is 10.2 Å². The van der Waals surface area contributed by atoms with Gasteiger partial charge in [-0.15, -0.1) is 0 Å². The van der Waals surface area contributed by atoms with E-state index in [1.165, 1.54) is 23.2 Å². The number of carbonyl (C=O) groups is 2. The number of hydroxylamine groups is 2. The molecular formula is C9H10N4O3S. The lowest BCUT2D eigenvalue weighted by Crippen LogP contribution is -2.28. The molecule has 7 nitrogen and oxygen atoms in total. The minimum atomic E-state index is -0.388. The fourth-order valence-corrected chi connectivity index (χ4v) is 3.19. The van der Waals surface area contributed by atoms with E-state index in [0.717, 1.165) is 15.6 Å². The highest BCUT2D eigenvalue weighted by atomic mass is 32.1. The molecule has 1 aromatic rings. The Morgan fingerprint density at radius 2 is 2.41 bits per heavy atom. The van der Waals surface area contributed by atoms with Crippen LogP contribution >= 0.6 is 11.3 Å². The molecule has 3 amide bonds. The molecular weight excluding hydrogens is 244 g/mol. The summed E-state index contributed by atoms with van der Waals surface area (Å²) in [7, 11) is 0. The highest BCUT2D eigenvalue weighted by Gasteiger charge is 2.44. The molecule has 2 N–H and O–H groups in total. The number of nitrogens with zero attached hydrogens (tertiary/aromatic N) is 3. The van der Waals surface area contributed by atoms with E-state index in [4.69, 9.17) is 0 Å². The standard InChI is InChI=1S/C9H10N4O3S/c1-4(14)10-8-11-5-2-12-3-6(7(5)17-8)13(16)9(12)15/h6,16H,2-3H2,1H3,(H,10,11,14). The summed E-state index contributed by atoms with van der Waals surface area (Å²) in [5.74, 6) is -0.182. The van der Waals surface area contributed by atoms with Crippen molar-refractivity contribution in [1.82, 2.24) is 14.9 Å². The number of amides is 3. The number of urea groups is 1. The van der Waals surface area contributed by atoms with Gasteiger partial charge in [0.15, 0.2) is 5.13 Å². The van der Waals surface area contributed by atoms with E-state index < -0.39 is 0 Å². The van der Waals surface area contributed by atoms with Crippen LogP contribution in [0.1, 0.15) is 23.5 Å². The highest BCUT2D eigenvalue weighted by molar-refractivity contribution is 7.16. The van der Waals surface area contributed by atoms with E-state index >= 15 is 0 Å². The summed E-state index contributed by atoms with van der Waals surface area (Å²) in [5.41, 5.74) is 0.750. The zero-order valence-corrected chi connectivity index (χ0v) is 9.82. The van der Waals surface area contributed by atoms with Crippen LogP contribution < -0.4 is 5.32 Å². The second-order valence-corrected chi connectivity index (χ2v) is 5.07. The van der Waals surface area contributed by atoms with Gasteiger partial charge in [0.05, 0.1) is 23.7 Å². The van der Waals surface area contributed by atoms with Crippen molar-refractivity contribution >= 4 is 28.4 Å². The lowest BCUT2D eigenvalue weighted by atomic mass is 10.1. The van der Waals surface area contributed by atoms with E-state index in [0.29, 0.717) is 18.2 Å². The number of anilines is 1. The lowest BCUT2D eigenvalue weighted by molar-refractivity contribution is -0.114. The van der Waals surface area contributed by atoms with Crippen molar-refractivity contribution in [2.45, 2.75) is 19.5 Å². The van der Waals surface area contributed by atoms with Crippen molar-refractivity contribution < 1.29 is 14.8 Å². The summed E-state index contributed by atoms with van der Waals surface area (Å²) in [6.45, 7) is 2.28. The summed E-state index contributed by atoms with van der Waals surface area (Å²) < 4.78 is 0. The lowest BCUT2D eigenvalue weighted by Gasteiger charge is -2.18. The minimum absolute atomic E-state index is 0.182. The Morgan fingerprint density at radius 1 is 1.65 bits per heavy atom. The van der Waals surface area contributed by atoms with Gasteiger partial charge in [0.2, 0.25) is 5.91 Å². The monoisotopic (exact) mass is 254 g/mol. The van der Waals surface area contributed by atoms with Gasteiger partial charge in [-0.2, -0.15) is 5.06 Å². The predicted molar refractivity (Wildman–Crippen MR) is 58.6 cm³/mol. The van der Waals surface area contributed by atoms with E-state index in [1.54, 1.807) is 0 Å². The Balaban J connectivity index is 1.96. The smallest absolute Gasteiger partial charge is 0.314 e. The van der Waals surface area contributed by atoms with E-state index in [9.17, 15) is 14.8 Å². The van der Waals surface area contributed by atoms with Crippen LogP contribution in [0.2, 0.25) is 0 Å². The Hall–Kier alpha value is -1.67. The molecule has 2 bridgehead atoms. The first-order valence-electron chi connectivity index (χ1n) is 5.10. The van der Waals surface area contributed by atoms with Crippen LogP contribution in [0.5, 0.6) is 0 Å². The van der Waals surface area contributed by atoms with Crippen LogP contribution in [0, 0.1) is 0 Å². The molecule has 17 heavy (non-hydrogen) atoms. The molecule has 8 heteroatoms. The summed E-state index contributed by atoms with van der Waals surface area (Å²) in [5, 5.41) is 13.5. The number of fused-ring (bicyclic) bond motifs is 4. The highest BCUT2D eigenvalue weighted by Crippen LogP contribution is 2.40. The Bertz CT molecular complexity index is 510. The van der Waals surface area contributed by atoms with Crippen molar-refractivity contribution in [2.24, 2.45) is 0 Å². The van der Waals surface area contributed by atoms with Gasteiger partial charge in [0.1, 0.15) is 6.04 Å². The van der Waals surface area contributed by atoms with Gasteiger partial charge in [-0.05, 0) is 0 Å². The molecule has 1 unspecified atom stereocenters. The van der Waals surface area contributed by atoms with Crippen LogP contribution in [0.4, 0.5) is 9.93 Å². The fraction of sp³-hybridized carbons (Fsp3) is 0.444. The summed E-state index contributed by atoms with van der Waals surface area (Å²) in [4.78, 5) is 29.1. The largest absolute Gasteiger partial charge is 0.344 e. The first-order chi connectivity index (χ1) is 8.06. The molecule has 2 aliphatic heterocycles. The number of rotatable bonds is 1. The molecule has 0 saturated carbocycles. The number of nitrogens with one attached hydrogen (secondary N) is 1. The minimum Gasteiger partial charge on any atom is -0.314 e. The number of hydrogen-bond acceptors (Lipinski definition) is 5. The second kappa shape index (κ2) is 3.41. The van der Waals surface area contributed by atoms with E-state index in [2.05, 4.69) is 10.3 Å². The molecule has 90 valence electrons. The number of thiazole rings is 1. The number of carbonyl (C=O) groups excluding carboxylic acids is 2. The zero-order valence-electron chi connectivity index (χ0n) is 9.01. The van der Waals surface area contributed by atoms with Crippen LogP contribution in [0.25, 0.3) is 0 Å². The first kappa shape index (κ1) is 10.5. The fourth-order valence-electron chi connectivity index (χ4n) is 2.09. The third kappa shape index (κ3) is 1.48. The van der Waals surface area contributed by atoms with E-state index in [1.807, 2.05) is 0 Å². The maximum atomic E-state index is 11.5. The van der Waals surface area contributed by atoms with Crippen molar-refractivity contribution in [3.8, 4) is 0 Å².